The number of hydrogen-bond acceptors (Lipinski definition) is 4. The predicted octanol–water partition coefficient (Wildman–Crippen LogP) is 0.453. The molecule has 0 amide bonds. The molecule has 0 saturated carbocycles. The normalized spacial score (nSPS) is 13.2. The molecule has 1 rings (SSSR count). The minimum absolute atomic E-state index is 0.0921. The Balaban J connectivity index is 2.38. The summed E-state index contributed by atoms with van der Waals surface area (Å²) in [6, 6.07) is 0.0921. The minimum atomic E-state index is 0.0921. The molecule has 0 fully saturated rings. The van der Waals surface area contributed by atoms with Crippen LogP contribution in [-0.2, 0) is 6.54 Å². The van der Waals surface area contributed by atoms with Gasteiger partial charge in [0, 0.05) is 6.04 Å². The highest BCUT2D eigenvalue weighted by Crippen LogP contribution is 2.03. The second-order valence-corrected chi connectivity index (χ2v) is 2.83. The lowest BCUT2D eigenvalue weighted by Crippen LogP contribution is -2.28. The maximum atomic E-state index is 8.72. The Morgan fingerprint density at radius 3 is 3.00 bits per heavy atom. The van der Waals surface area contributed by atoms with Crippen molar-refractivity contribution in [3.63, 3.8) is 0 Å². The van der Waals surface area contributed by atoms with Gasteiger partial charge in [-0.1, -0.05) is 0 Å². The number of rotatable bonds is 4. The molecule has 4 nitrogen and oxygen atoms in total. The number of aliphatic hydroxyl groups excluding tert-OH is 1. The quantitative estimate of drug-likeness (QED) is 0.689. The summed E-state index contributed by atoms with van der Waals surface area (Å²) in [5.74, 6) is 0.829. The zero-order chi connectivity index (χ0) is 8.97. The Hall–Kier alpha value is -0.870. The smallest absolute Gasteiger partial charge is 0.181 e. The van der Waals surface area contributed by atoms with Crippen molar-refractivity contribution in [3.8, 4) is 0 Å². The second kappa shape index (κ2) is 4.23. The van der Waals surface area contributed by atoms with Gasteiger partial charge in [-0.15, -0.1) is 0 Å². The third-order valence-corrected chi connectivity index (χ3v) is 1.73. The summed E-state index contributed by atoms with van der Waals surface area (Å²) in [7, 11) is 0. The second-order valence-electron chi connectivity index (χ2n) is 2.83. The molecule has 12 heavy (non-hydrogen) atoms. The zero-order valence-corrected chi connectivity index (χ0v) is 7.37. The summed E-state index contributed by atoms with van der Waals surface area (Å²) in [4.78, 5) is 3.95. The van der Waals surface area contributed by atoms with Crippen molar-refractivity contribution >= 4 is 0 Å². The maximum Gasteiger partial charge on any atom is 0.181 e. The van der Waals surface area contributed by atoms with Crippen LogP contribution in [0.4, 0.5) is 0 Å². The largest absolute Gasteiger partial charge is 0.447 e. The van der Waals surface area contributed by atoms with Gasteiger partial charge in [0.25, 0.3) is 0 Å². The molecule has 1 aromatic heterocycles. The van der Waals surface area contributed by atoms with Crippen LogP contribution in [0.1, 0.15) is 18.4 Å². The molecule has 0 spiro atoms. The molecule has 0 radical (unpaired) electrons. The van der Waals surface area contributed by atoms with Crippen LogP contribution in [0.2, 0.25) is 0 Å². The van der Waals surface area contributed by atoms with Crippen molar-refractivity contribution in [2.75, 3.05) is 6.61 Å². The average Bonchev–Trinajstić information content (AvgIpc) is 2.47. The summed E-state index contributed by atoms with van der Waals surface area (Å²) in [6.45, 7) is 4.55. The van der Waals surface area contributed by atoms with E-state index in [9.17, 15) is 0 Å². The number of oxazole rings is 1. The van der Waals surface area contributed by atoms with Gasteiger partial charge in [-0.3, -0.25) is 0 Å². The molecule has 1 aromatic rings. The summed E-state index contributed by atoms with van der Waals surface area (Å²) in [5, 5.41) is 11.8. The van der Waals surface area contributed by atoms with Gasteiger partial charge in [0.15, 0.2) is 6.39 Å². The summed E-state index contributed by atoms with van der Waals surface area (Å²) in [6.07, 6.45) is 1.43. The third-order valence-electron chi connectivity index (χ3n) is 1.73. The first-order valence-corrected chi connectivity index (χ1v) is 3.97. The predicted molar refractivity (Wildman–Crippen MR) is 44.6 cm³/mol. The molecule has 1 heterocycles. The standard InChI is InChI=1S/C8H14N2O2/c1-6(4-11)9-3-8-7(2)10-5-12-8/h5-6,9,11H,3-4H2,1-2H3. The SMILES string of the molecule is Cc1ncoc1CNC(C)CO. The van der Waals surface area contributed by atoms with E-state index in [1.54, 1.807) is 0 Å². The van der Waals surface area contributed by atoms with E-state index in [1.807, 2.05) is 13.8 Å². The van der Waals surface area contributed by atoms with Crippen molar-refractivity contribution in [3.05, 3.63) is 17.8 Å². The van der Waals surface area contributed by atoms with E-state index in [4.69, 9.17) is 9.52 Å². The van der Waals surface area contributed by atoms with Crippen molar-refractivity contribution in [1.29, 1.82) is 0 Å². The van der Waals surface area contributed by atoms with Gasteiger partial charge in [-0.25, -0.2) is 4.98 Å². The zero-order valence-electron chi connectivity index (χ0n) is 7.37. The lowest BCUT2D eigenvalue weighted by atomic mass is 10.3. The monoisotopic (exact) mass is 170 g/mol. The van der Waals surface area contributed by atoms with E-state index >= 15 is 0 Å². The van der Waals surface area contributed by atoms with Gasteiger partial charge in [0.05, 0.1) is 18.8 Å². The first-order chi connectivity index (χ1) is 5.74. The van der Waals surface area contributed by atoms with Crippen LogP contribution in [0, 0.1) is 6.92 Å². The number of nitrogens with zero attached hydrogens (tertiary/aromatic N) is 1. The highest BCUT2D eigenvalue weighted by atomic mass is 16.3. The molecular formula is C8H14N2O2. The van der Waals surface area contributed by atoms with Crippen molar-refractivity contribution in [1.82, 2.24) is 10.3 Å². The van der Waals surface area contributed by atoms with E-state index in [2.05, 4.69) is 10.3 Å². The molecule has 0 saturated heterocycles. The van der Waals surface area contributed by atoms with Crippen molar-refractivity contribution in [2.24, 2.45) is 0 Å². The fraction of sp³-hybridized carbons (Fsp3) is 0.625. The minimum Gasteiger partial charge on any atom is -0.447 e. The van der Waals surface area contributed by atoms with Crippen LogP contribution < -0.4 is 5.32 Å². The molecule has 0 bridgehead atoms. The van der Waals surface area contributed by atoms with Crippen LogP contribution in [0.15, 0.2) is 10.8 Å². The Kier molecular flexibility index (Phi) is 3.25. The summed E-state index contributed by atoms with van der Waals surface area (Å²) in [5.41, 5.74) is 0.896. The number of hydrogen-bond donors (Lipinski definition) is 2. The highest BCUT2D eigenvalue weighted by Gasteiger charge is 2.04. The summed E-state index contributed by atoms with van der Waals surface area (Å²) >= 11 is 0. The third kappa shape index (κ3) is 2.32. The van der Waals surface area contributed by atoms with Crippen LogP contribution >= 0.6 is 0 Å². The molecule has 0 aliphatic heterocycles. The number of nitrogens with one attached hydrogen (secondary N) is 1. The Bertz CT molecular complexity index is 235. The van der Waals surface area contributed by atoms with E-state index in [-0.39, 0.29) is 12.6 Å². The van der Waals surface area contributed by atoms with Gasteiger partial charge in [0.2, 0.25) is 0 Å². The molecule has 1 atom stereocenters. The lowest BCUT2D eigenvalue weighted by molar-refractivity contribution is 0.248. The van der Waals surface area contributed by atoms with Gasteiger partial charge in [-0.2, -0.15) is 0 Å². The van der Waals surface area contributed by atoms with Gasteiger partial charge >= 0.3 is 0 Å². The van der Waals surface area contributed by atoms with Crippen molar-refractivity contribution < 1.29 is 9.52 Å². The van der Waals surface area contributed by atoms with Crippen LogP contribution in [0.25, 0.3) is 0 Å². The Labute approximate surface area is 71.6 Å². The molecule has 2 N–H and O–H groups in total. The molecule has 68 valence electrons. The number of aryl methyl sites for hydroxylation is 1. The van der Waals surface area contributed by atoms with Crippen LogP contribution in [-0.4, -0.2) is 22.7 Å². The molecule has 0 aromatic carbocycles. The van der Waals surface area contributed by atoms with Gasteiger partial charge in [0.1, 0.15) is 5.76 Å². The van der Waals surface area contributed by atoms with E-state index < -0.39 is 0 Å². The molecule has 0 aliphatic carbocycles. The molecular weight excluding hydrogens is 156 g/mol. The summed E-state index contributed by atoms with van der Waals surface area (Å²) < 4.78 is 5.10. The van der Waals surface area contributed by atoms with E-state index in [1.165, 1.54) is 6.39 Å². The lowest BCUT2D eigenvalue weighted by Gasteiger charge is -2.08. The Morgan fingerprint density at radius 2 is 2.50 bits per heavy atom. The average molecular weight is 170 g/mol. The fourth-order valence-electron chi connectivity index (χ4n) is 0.827. The fourth-order valence-corrected chi connectivity index (χ4v) is 0.827. The van der Waals surface area contributed by atoms with Gasteiger partial charge < -0.3 is 14.8 Å². The first kappa shape index (κ1) is 9.22. The highest BCUT2D eigenvalue weighted by molar-refractivity contribution is 5.03. The molecule has 1 unspecified atom stereocenters. The number of aromatic nitrogens is 1. The van der Waals surface area contributed by atoms with Gasteiger partial charge in [-0.05, 0) is 13.8 Å². The number of aliphatic hydroxyl groups is 1. The van der Waals surface area contributed by atoms with Crippen molar-refractivity contribution in [2.45, 2.75) is 26.4 Å². The molecule has 4 heteroatoms. The van der Waals surface area contributed by atoms with E-state index in [0.29, 0.717) is 6.54 Å². The first-order valence-electron chi connectivity index (χ1n) is 3.97. The van der Waals surface area contributed by atoms with E-state index in [0.717, 1.165) is 11.5 Å². The molecule has 0 aliphatic rings. The van der Waals surface area contributed by atoms with Crippen LogP contribution in [0.5, 0.6) is 0 Å². The Morgan fingerprint density at radius 1 is 1.75 bits per heavy atom. The van der Waals surface area contributed by atoms with Crippen LogP contribution in [0.3, 0.4) is 0 Å². The topological polar surface area (TPSA) is 58.3 Å². The maximum absolute atomic E-state index is 8.72.